The topological polar surface area (TPSA) is 93.2 Å². The van der Waals surface area contributed by atoms with Crippen molar-refractivity contribution >= 4 is 27.3 Å². The number of ether oxygens (including phenoxy) is 1. The van der Waals surface area contributed by atoms with Gasteiger partial charge in [-0.05, 0) is 66.9 Å². The van der Waals surface area contributed by atoms with Crippen LogP contribution in [0.2, 0.25) is 0 Å². The van der Waals surface area contributed by atoms with Crippen molar-refractivity contribution in [3.8, 4) is 5.75 Å². The van der Waals surface area contributed by atoms with E-state index in [9.17, 15) is 8.42 Å². The van der Waals surface area contributed by atoms with Crippen molar-refractivity contribution in [2.75, 3.05) is 17.1 Å². The van der Waals surface area contributed by atoms with Crippen LogP contribution in [-0.2, 0) is 16.4 Å². The molecule has 0 aliphatic carbocycles. The van der Waals surface area contributed by atoms with Crippen LogP contribution in [0.25, 0.3) is 0 Å². The molecule has 1 aromatic heterocycles. The summed E-state index contributed by atoms with van der Waals surface area (Å²) in [5, 5.41) is 11.1. The molecule has 1 heterocycles. The van der Waals surface area contributed by atoms with Gasteiger partial charge in [-0.15, -0.1) is 10.2 Å². The van der Waals surface area contributed by atoms with E-state index in [2.05, 4.69) is 27.2 Å². The smallest absolute Gasteiger partial charge is 0.263 e. The van der Waals surface area contributed by atoms with Crippen molar-refractivity contribution < 1.29 is 13.2 Å². The van der Waals surface area contributed by atoms with E-state index in [1.165, 1.54) is 18.7 Å². The third kappa shape index (κ3) is 4.58. The molecule has 0 unspecified atom stereocenters. The molecule has 0 aliphatic rings. The van der Waals surface area contributed by atoms with E-state index in [4.69, 9.17) is 4.74 Å². The summed E-state index contributed by atoms with van der Waals surface area (Å²) in [7, 11) is -2.23. The van der Waals surface area contributed by atoms with Crippen LogP contribution in [0.3, 0.4) is 0 Å². The second kappa shape index (κ2) is 8.26. The van der Waals surface area contributed by atoms with E-state index >= 15 is 0 Å². The lowest BCUT2D eigenvalue weighted by Crippen LogP contribution is -2.14. The van der Waals surface area contributed by atoms with Gasteiger partial charge in [-0.1, -0.05) is 19.1 Å². The molecule has 2 N–H and O–H groups in total. The molecule has 7 nitrogen and oxygen atoms in total. The molecule has 0 spiro atoms. The van der Waals surface area contributed by atoms with Gasteiger partial charge in [0.25, 0.3) is 10.0 Å². The highest BCUT2D eigenvalue weighted by atomic mass is 32.2. The summed E-state index contributed by atoms with van der Waals surface area (Å²) in [5.74, 6) is 1.29. The van der Waals surface area contributed by atoms with Crippen molar-refractivity contribution in [1.82, 2.24) is 10.2 Å². The van der Waals surface area contributed by atoms with Gasteiger partial charge in [0.15, 0.2) is 11.6 Å². The largest absolute Gasteiger partial charge is 0.496 e. The summed E-state index contributed by atoms with van der Waals surface area (Å²) in [6, 6.07) is 15.9. The molecule has 8 heteroatoms. The highest BCUT2D eigenvalue weighted by Gasteiger charge is 2.16. The Hall–Kier alpha value is -3.13. The molecule has 0 radical (unpaired) electrons. The average molecular weight is 398 g/mol. The zero-order valence-electron chi connectivity index (χ0n) is 15.9. The van der Waals surface area contributed by atoms with Crippen molar-refractivity contribution in [3.05, 3.63) is 65.7 Å². The highest BCUT2D eigenvalue weighted by molar-refractivity contribution is 7.92. The summed E-state index contributed by atoms with van der Waals surface area (Å²) in [6.07, 6.45) is 0.975. The highest BCUT2D eigenvalue weighted by Crippen LogP contribution is 2.23. The number of nitrogens with one attached hydrogen (secondary N) is 2. The fraction of sp³-hybridized carbons (Fsp3) is 0.200. The van der Waals surface area contributed by atoms with Crippen LogP contribution in [0, 0.1) is 6.92 Å². The normalized spacial score (nSPS) is 11.1. The maximum Gasteiger partial charge on any atom is 0.263 e. The predicted molar refractivity (Wildman–Crippen MR) is 110 cm³/mol. The summed E-state index contributed by atoms with van der Waals surface area (Å²) in [4.78, 5) is 0.130. The molecule has 28 heavy (non-hydrogen) atoms. The Morgan fingerprint density at radius 2 is 1.64 bits per heavy atom. The molecule has 0 amide bonds. The average Bonchev–Trinajstić information content (AvgIpc) is 2.70. The summed E-state index contributed by atoms with van der Waals surface area (Å²) in [6.45, 7) is 3.88. The lowest BCUT2D eigenvalue weighted by Gasteiger charge is -2.10. The molecule has 0 saturated carbocycles. The zero-order chi connectivity index (χ0) is 20.1. The Balaban J connectivity index is 1.71. The Labute approximate surface area is 164 Å². The van der Waals surface area contributed by atoms with Crippen molar-refractivity contribution in [1.29, 1.82) is 0 Å². The second-order valence-corrected chi connectivity index (χ2v) is 7.90. The predicted octanol–water partition coefficient (Wildman–Crippen LogP) is 3.90. The monoisotopic (exact) mass is 398 g/mol. The molecule has 0 fully saturated rings. The van der Waals surface area contributed by atoms with Crippen molar-refractivity contribution in [2.24, 2.45) is 0 Å². The van der Waals surface area contributed by atoms with Gasteiger partial charge < -0.3 is 10.1 Å². The Kier molecular flexibility index (Phi) is 5.79. The van der Waals surface area contributed by atoms with E-state index in [-0.39, 0.29) is 10.7 Å². The third-order valence-corrected chi connectivity index (χ3v) is 5.57. The van der Waals surface area contributed by atoms with E-state index in [1.54, 1.807) is 31.2 Å². The van der Waals surface area contributed by atoms with Gasteiger partial charge in [0.2, 0.25) is 0 Å². The van der Waals surface area contributed by atoms with Crippen LogP contribution in [0.1, 0.15) is 18.1 Å². The summed E-state index contributed by atoms with van der Waals surface area (Å²) < 4.78 is 32.7. The van der Waals surface area contributed by atoms with Gasteiger partial charge in [0, 0.05) is 5.69 Å². The fourth-order valence-corrected chi connectivity index (χ4v) is 3.72. The molecule has 0 bridgehead atoms. The Morgan fingerprint density at radius 1 is 0.964 bits per heavy atom. The van der Waals surface area contributed by atoms with Gasteiger partial charge in [-0.2, -0.15) is 0 Å². The van der Waals surface area contributed by atoms with Crippen LogP contribution in [-0.4, -0.2) is 25.7 Å². The number of anilines is 3. The van der Waals surface area contributed by atoms with Gasteiger partial charge in [0.05, 0.1) is 12.0 Å². The molecule has 0 saturated heterocycles. The minimum atomic E-state index is -3.77. The number of sulfonamides is 1. The summed E-state index contributed by atoms with van der Waals surface area (Å²) in [5.41, 5.74) is 2.86. The maximum absolute atomic E-state index is 12.6. The molecular formula is C20H22N4O3S. The van der Waals surface area contributed by atoms with Crippen LogP contribution in [0.5, 0.6) is 5.75 Å². The standard InChI is InChI=1S/C20H22N4O3S/c1-4-15-5-7-16(8-6-15)21-19-11-12-20(23-22-19)24-28(25,26)17-9-10-18(27-3)14(2)13-17/h5-13H,4H2,1-3H3,(H,21,22)(H,23,24). The Bertz CT molecular complexity index is 1050. The number of nitrogens with zero attached hydrogens (tertiary/aromatic N) is 2. The first-order valence-electron chi connectivity index (χ1n) is 8.78. The first kappa shape index (κ1) is 19.6. The molecule has 2 aromatic carbocycles. The number of aromatic nitrogens is 2. The fourth-order valence-electron chi connectivity index (χ4n) is 2.64. The third-order valence-electron chi connectivity index (χ3n) is 4.21. The zero-order valence-corrected chi connectivity index (χ0v) is 16.7. The van der Waals surface area contributed by atoms with Gasteiger partial charge in [-0.25, -0.2) is 8.42 Å². The lowest BCUT2D eigenvalue weighted by molar-refractivity contribution is 0.411. The van der Waals surface area contributed by atoms with Crippen LogP contribution < -0.4 is 14.8 Å². The second-order valence-electron chi connectivity index (χ2n) is 6.22. The molecular weight excluding hydrogens is 376 g/mol. The molecule has 0 aliphatic heterocycles. The number of hydrogen-bond acceptors (Lipinski definition) is 6. The number of hydrogen-bond donors (Lipinski definition) is 2. The maximum atomic E-state index is 12.6. The van der Waals surface area contributed by atoms with E-state index in [0.29, 0.717) is 11.6 Å². The van der Waals surface area contributed by atoms with E-state index in [0.717, 1.165) is 17.7 Å². The quantitative estimate of drug-likeness (QED) is 0.627. The van der Waals surface area contributed by atoms with E-state index in [1.807, 2.05) is 24.3 Å². The van der Waals surface area contributed by atoms with Crippen LogP contribution in [0.4, 0.5) is 17.3 Å². The van der Waals surface area contributed by atoms with Crippen LogP contribution in [0.15, 0.2) is 59.5 Å². The van der Waals surface area contributed by atoms with Crippen molar-refractivity contribution in [2.45, 2.75) is 25.2 Å². The number of benzene rings is 2. The number of rotatable bonds is 7. The Morgan fingerprint density at radius 3 is 2.21 bits per heavy atom. The molecule has 3 aromatic rings. The SMILES string of the molecule is CCc1ccc(Nc2ccc(NS(=O)(=O)c3ccc(OC)c(C)c3)nn2)cc1. The van der Waals surface area contributed by atoms with Gasteiger partial charge >= 0.3 is 0 Å². The lowest BCUT2D eigenvalue weighted by atomic mass is 10.1. The van der Waals surface area contributed by atoms with Crippen molar-refractivity contribution in [3.63, 3.8) is 0 Å². The minimum absolute atomic E-state index is 0.130. The first-order chi connectivity index (χ1) is 13.4. The number of aryl methyl sites for hydroxylation is 2. The van der Waals surface area contributed by atoms with Crippen LogP contribution >= 0.6 is 0 Å². The van der Waals surface area contributed by atoms with Gasteiger partial charge in [0.1, 0.15) is 5.75 Å². The van der Waals surface area contributed by atoms with E-state index < -0.39 is 10.0 Å². The first-order valence-corrected chi connectivity index (χ1v) is 10.3. The molecule has 0 atom stereocenters. The minimum Gasteiger partial charge on any atom is -0.496 e. The molecule has 3 rings (SSSR count). The molecule has 146 valence electrons. The van der Waals surface area contributed by atoms with Gasteiger partial charge in [-0.3, -0.25) is 4.72 Å². The summed E-state index contributed by atoms with van der Waals surface area (Å²) >= 11 is 0. The number of methoxy groups -OCH3 is 1.